The number of hydrogen-bond acceptors (Lipinski definition) is 2. The van der Waals surface area contributed by atoms with Crippen molar-refractivity contribution in [1.29, 1.82) is 0 Å². The number of hydrogen-bond donors (Lipinski definition) is 1. The first kappa shape index (κ1) is 9.17. The van der Waals surface area contributed by atoms with Crippen molar-refractivity contribution in [3.05, 3.63) is 0 Å². The van der Waals surface area contributed by atoms with E-state index in [0.717, 1.165) is 25.0 Å². The largest absolute Gasteiger partial charge is 0.381 e. The van der Waals surface area contributed by atoms with E-state index >= 15 is 0 Å². The van der Waals surface area contributed by atoms with Crippen molar-refractivity contribution in [2.75, 3.05) is 13.2 Å². The van der Waals surface area contributed by atoms with Crippen LogP contribution >= 0.6 is 0 Å². The maximum absolute atomic E-state index is 6.64. The fourth-order valence-electron chi connectivity index (χ4n) is 4.08. The maximum atomic E-state index is 6.64. The Labute approximate surface area is 86.2 Å². The fraction of sp³-hybridized carbons (Fsp3) is 1.00. The molecule has 2 saturated carbocycles. The second-order valence-corrected chi connectivity index (χ2v) is 5.61. The van der Waals surface area contributed by atoms with Gasteiger partial charge >= 0.3 is 0 Å². The van der Waals surface area contributed by atoms with Crippen LogP contribution in [0.15, 0.2) is 0 Å². The Morgan fingerprint density at radius 1 is 1.14 bits per heavy atom. The molecule has 3 fully saturated rings. The Balaban J connectivity index is 1.75. The Kier molecular flexibility index (Phi) is 2.10. The smallest absolute Gasteiger partial charge is 0.0511 e. The van der Waals surface area contributed by atoms with E-state index in [1.165, 1.54) is 38.5 Å². The lowest BCUT2D eigenvalue weighted by Crippen LogP contribution is -2.53. The molecule has 1 aliphatic heterocycles. The summed E-state index contributed by atoms with van der Waals surface area (Å²) in [5.74, 6) is 2.43. The topological polar surface area (TPSA) is 35.2 Å². The van der Waals surface area contributed by atoms with Crippen molar-refractivity contribution in [2.45, 2.75) is 44.1 Å². The van der Waals surface area contributed by atoms with Crippen LogP contribution in [-0.4, -0.2) is 18.8 Å². The van der Waals surface area contributed by atoms with Gasteiger partial charge in [0.05, 0.1) is 6.61 Å². The predicted octanol–water partition coefficient (Wildman–Crippen LogP) is 1.93. The summed E-state index contributed by atoms with van der Waals surface area (Å²) in [5.41, 5.74) is 6.80. The van der Waals surface area contributed by atoms with E-state index in [9.17, 15) is 0 Å². The third-order valence-corrected chi connectivity index (χ3v) is 4.86. The molecule has 2 nitrogen and oxygen atoms in total. The first-order valence-corrected chi connectivity index (χ1v) is 6.15. The highest BCUT2D eigenvalue weighted by Gasteiger charge is 2.52. The van der Waals surface area contributed by atoms with Crippen LogP contribution in [0.2, 0.25) is 0 Å². The molecule has 2 aliphatic carbocycles. The van der Waals surface area contributed by atoms with Crippen LogP contribution in [0.1, 0.15) is 38.5 Å². The van der Waals surface area contributed by atoms with Gasteiger partial charge in [-0.15, -0.1) is 0 Å². The molecule has 0 radical (unpaired) electrons. The molecule has 4 atom stereocenters. The highest BCUT2D eigenvalue weighted by molar-refractivity contribution is 5.07. The molecular formula is C12H21NO. The first-order valence-electron chi connectivity index (χ1n) is 6.15. The van der Waals surface area contributed by atoms with Crippen molar-refractivity contribution >= 4 is 0 Å². The maximum Gasteiger partial charge on any atom is 0.0511 e. The van der Waals surface area contributed by atoms with Crippen molar-refractivity contribution in [1.82, 2.24) is 0 Å². The second kappa shape index (κ2) is 3.21. The van der Waals surface area contributed by atoms with E-state index in [4.69, 9.17) is 10.5 Å². The molecule has 0 spiro atoms. The monoisotopic (exact) mass is 195 g/mol. The molecule has 4 unspecified atom stereocenters. The van der Waals surface area contributed by atoms with Crippen molar-refractivity contribution < 1.29 is 4.74 Å². The minimum Gasteiger partial charge on any atom is -0.381 e. The lowest BCUT2D eigenvalue weighted by molar-refractivity contribution is 0.00520. The molecule has 0 aromatic heterocycles. The quantitative estimate of drug-likeness (QED) is 0.694. The van der Waals surface area contributed by atoms with E-state index in [-0.39, 0.29) is 5.54 Å². The van der Waals surface area contributed by atoms with Crippen LogP contribution in [-0.2, 0) is 4.74 Å². The lowest BCUT2D eigenvalue weighted by atomic mass is 9.71. The SMILES string of the molecule is NC1(C2CCCOC2)CC2CCC1C2. The van der Waals surface area contributed by atoms with Gasteiger partial charge in [0.25, 0.3) is 0 Å². The Morgan fingerprint density at radius 2 is 2.07 bits per heavy atom. The van der Waals surface area contributed by atoms with Gasteiger partial charge in [0.1, 0.15) is 0 Å². The zero-order valence-electron chi connectivity index (χ0n) is 8.87. The Hall–Kier alpha value is -0.0800. The third kappa shape index (κ3) is 1.24. The summed E-state index contributed by atoms with van der Waals surface area (Å²) in [6.45, 7) is 1.89. The molecule has 3 rings (SSSR count). The molecule has 3 aliphatic rings. The fourth-order valence-corrected chi connectivity index (χ4v) is 4.08. The van der Waals surface area contributed by atoms with Gasteiger partial charge in [-0.1, -0.05) is 6.42 Å². The van der Waals surface area contributed by atoms with Gasteiger partial charge in [-0.25, -0.2) is 0 Å². The molecule has 1 saturated heterocycles. The van der Waals surface area contributed by atoms with Gasteiger partial charge in [-0.05, 0) is 43.9 Å². The van der Waals surface area contributed by atoms with Gasteiger partial charge in [-0.2, -0.15) is 0 Å². The van der Waals surface area contributed by atoms with Gasteiger partial charge in [0.15, 0.2) is 0 Å². The molecule has 2 heteroatoms. The van der Waals surface area contributed by atoms with Gasteiger partial charge in [0.2, 0.25) is 0 Å². The van der Waals surface area contributed by atoms with E-state index in [1.807, 2.05) is 0 Å². The minimum atomic E-state index is 0.156. The standard InChI is InChI=1S/C12H21NO/c13-12(11-2-1-5-14-8-11)7-9-3-4-10(12)6-9/h9-11H,1-8,13H2. The normalized spacial score (nSPS) is 52.5. The van der Waals surface area contributed by atoms with Crippen LogP contribution in [0, 0.1) is 17.8 Å². The van der Waals surface area contributed by atoms with Crippen LogP contribution in [0.4, 0.5) is 0 Å². The van der Waals surface area contributed by atoms with Gasteiger partial charge in [-0.3, -0.25) is 0 Å². The van der Waals surface area contributed by atoms with Crippen molar-refractivity contribution in [3.63, 3.8) is 0 Å². The highest BCUT2D eigenvalue weighted by atomic mass is 16.5. The highest BCUT2D eigenvalue weighted by Crippen LogP contribution is 2.53. The summed E-state index contributed by atoms with van der Waals surface area (Å²) in [5, 5.41) is 0. The third-order valence-electron chi connectivity index (χ3n) is 4.86. The van der Waals surface area contributed by atoms with E-state index in [2.05, 4.69) is 0 Å². The molecule has 80 valence electrons. The molecule has 0 aromatic rings. The summed E-state index contributed by atoms with van der Waals surface area (Å²) in [6.07, 6.45) is 8.05. The zero-order chi connectivity index (χ0) is 9.60. The molecule has 0 amide bonds. The summed E-state index contributed by atoms with van der Waals surface area (Å²) >= 11 is 0. The summed E-state index contributed by atoms with van der Waals surface area (Å²) in [4.78, 5) is 0. The molecule has 2 N–H and O–H groups in total. The molecule has 14 heavy (non-hydrogen) atoms. The van der Waals surface area contributed by atoms with Gasteiger partial charge in [0, 0.05) is 18.1 Å². The number of fused-ring (bicyclic) bond motifs is 2. The summed E-state index contributed by atoms with van der Waals surface area (Å²) in [6, 6.07) is 0. The Bertz CT molecular complexity index is 224. The number of rotatable bonds is 1. The average Bonchev–Trinajstić information content (AvgIpc) is 2.79. The molecule has 0 aromatic carbocycles. The van der Waals surface area contributed by atoms with Crippen molar-refractivity contribution in [2.24, 2.45) is 23.5 Å². The summed E-state index contributed by atoms with van der Waals surface area (Å²) in [7, 11) is 0. The number of nitrogens with two attached hydrogens (primary N) is 1. The molecule has 2 bridgehead atoms. The minimum absolute atomic E-state index is 0.156. The van der Waals surface area contributed by atoms with E-state index < -0.39 is 0 Å². The van der Waals surface area contributed by atoms with Crippen molar-refractivity contribution in [3.8, 4) is 0 Å². The lowest BCUT2D eigenvalue weighted by Gasteiger charge is -2.42. The van der Waals surface area contributed by atoms with E-state index in [1.54, 1.807) is 0 Å². The Morgan fingerprint density at radius 3 is 2.64 bits per heavy atom. The zero-order valence-corrected chi connectivity index (χ0v) is 8.87. The average molecular weight is 195 g/mol. The van der Waals surface area contributed by atoms with Crippen LogP contribution in [0.5, 0.6) is 0 Å². The molecular weight excluding hydrogens is 174 g/mol. The number of ether oxygens (including phenoxy) is 1. The van der Waals surface area contributed by atoms with Crippen LogP contribution in [0.25, 0.3) is 0 Å². The summed E-state index contributed by atoms with van der Waals surface area (Å²) < 4.78 is 5.59. The molecule has 1 heterocycles. The second-order valence-electron chi connectivity index (χ2n) is 5.61. The van der Waals surface area contributed by atoms with Gasteiger partial charge < -0.3 is 10.5 Å². The first-order chi connectivity index (χ1) is 6.79. The van der Waals surface area contributed by atoms with Crippen LogP contribution in [0.3, 0.4) is 0 Å². The predicted molar refractivity (Wildman–Crippen MR) is 55.9 cm³/mol. The van der Waals surface area contributed by atoms with E-state index in [0.29, 0.717) is 5.92 Å². The van der Waals surface area contributed by atoms with Crippen LogP contribution < -0.4 is 5.73 Å².